The molecule has 112 valence electrons. The van der Waals surface area contributed by atoms with E-state index in [9.17, 15) is 15.1 Å². The fourth-order valence-electron chi connectivity index (χ4n) is 2.31. The molecule has 0 aliphatic rings. The van der Waals surface area contributed by atoms with Crippen LogP contribution in [-0.2, 0) is 6.54 Å². The lowest BCUT2D eigenvalue weighted by Crippen LogP contribution is -2.38. The topological polar surface area (TPSA) is 69.2 Å². The SMILES string of the molecule is O=c1c(O)[n+]([O-])c2cccc(Cl)c2n1Cc1ccccc1Cl. The Labute approximate surface area is 135 Å². The van der Waals surface area contributed by atoms with Crippen molar-refractivity contribution in [2.45, 2.75) is 6.54 Å². The number of hydrogen-bond donors (Lipinski definition) is 1. The second-order valence-electron chi connectivity index (χ2n) is 4.71. The van der Waals surface area contributed by atoms with E-state index < -0.39 is 11.4 Å². The van der Waals surface area contributed by atoms with Crippen molar-refractivity contribution in [3.05, 3.63) is 73.6 Å². The summed E-state index contributed by atoms with van der Waals surface area (Å²) in [5.41, 5.74) is 0.213. The van der Waals surface area contributed by atoms with Crippen LogP contribution in [0.25, 0.3) is 11.0 Å². The smallest absolute Gasteiger partial charge is 0.445 e. The van der Waals surface area contributed by atoms with Crippen LogP contribution in [0.5, 0.6) is 5.88 Å². The minimum Gasteiger partial charge on any atom is -0.615 e. The first-order valence-electron chi connectivity index (χ1n) is 6.37. The Morgan fingerprint density at radius 1 is 1.09 bits per heavy atom. The van der Waals surface area contributed by atoms with Crippen molar-refractivity contribution in [2.24, 2.45) is 0 Å². The molecule has 0 unspecified atom stereocenters. The average molecular weight is 337 g/mol. The first kappa shape index (κ1) is 14.7. The van der Waals surface area contributed by atoms with E-state index in [0.717, 1.165) is 0 Å². The van der Waals surface area contributed by atoms with Gasteiger partial charge in [0.25, 0.3) is 0 Å². The van der Waals surface area contributed by atoms with Crippen molar-refractivity contribution in [3.63, 3.8) is 0 Å². The second kappa shape index (κ2) is 5.51. The summed E-state index contributed by atoms with van der Waals surface area (Å²) in [4.78, 5) is 12.3. The lowest BCUT2D eigenvalue weighted by Gasteiger charge is -2.13. The molecule has 0 saturated carbocycles. The molecular formula is C15H10Cl2N2O3. The molecule has 1 N–H and O–H groups in total. The molecule has 0 aliphatic carbocycles. The van der Waals surface area contributed by atoms with Crippen molar-refractivity contribution in [1.82, 2.24) is 4.57 Å². The van der Waals surface area contributed by atoms with E-state index in [1.165, 1.54) is 10.6 Å². The molecule has 0 atom stereocenters. The van der Waals surface area contributed by atoms with Gasteiger partial charge >= 0.3 is 11.4 Å². The van der Waals surface area contributed by atoms with Crippen LogP contribution in [0.1, 0.15) is 5.56 Å². The van der Waals surface area contributed by atoms with Crippen LogP contribution in [0.3, 0.4) is 0 Å². The van der Waals surface area contributed by atoms with E-state index in [2.05, 4.69) is 0 Å². The predicted octanol–water partition coefficient (Wildman–Crippen LogP) is 2.70. The number of halogens is 2. The monoisotopic (exact) mass is 336 g/mol. The molecule has 0 aliphatic heterocycles. The number of aromatic nitrogens is 2. The molecule has 2 aromatic carbocycles. The van der Waals surface area contributed by atoms with Crippen LogP contribution < -0.4 is 10.3 Å². The second-order valence-corrected chi connectivity index (χ2v) is 5.52. The maximum atomic E-state index is 12.3. The predicted molar refractivity (Wildman–Crippen MR) is 84.4 cm³/mol. The van der Waals surface area contributed by atoms with Crippen molar-refractivity contribution >= 4 is 34.2 Å². The molecule has 0 amide bonds. The highest BCUT2D eigenvalue weighted by molar-refractivity contribution is 6.34. The van der Waals surface area contributed by atoms with Crippen LogP contribution in [-0.4, -0.2) is 9.67 Å². The van der Waals surface area contributed by atoms with Gasteiger partial charge in [-0.25, -0.2) is 0 Å². The molecule has 3 aromatic rings. The first-order valence-corrected chi connectivity index (χ1v) is 7.13. The molecule has 1 heterocycles. The van der Waals surface area contributed by atoms with Crippen molar-refractivity contribution in [3.8, 4) is 5.88 Å². The van der Waals surface area contributed by atoms with E-state index >= 15 is 0 Å². The number of nitrogens with zero attached hydrogens (tertiary/aromatic N) is 2. The minimum atomic E-state index is -0.901. The van der Waals surface area contributed by atoms with Crippen LogP contribution in [0.2, 0.25) is 10.0 Å². The van der Waals surface area contributed by atoms with Crippen molar-refractivity contribution in [2.75, 3.05) is 0 Å². The quantitative estimate of drug-likeness (QED) is 0.577. The van der Waals surface area contributed by atoms with Gasteiger partial charge in [0.05, 0.1) is 11.6 Å². The molecule has 0 bridgehead atoms. The largest absolute Gasteiger partial charge is 0.615 e. The van der Waals surface area contributed by atoms with Crippen LogP contribution in [0, 0.1) is 5.21 Å². The summed E-state index contributed by atoms with van der Waals surface area (Å²) in [6.45, 7) is 0.0904. The van der Waals surface area contributed by atoms with Crippen LogP contribution in [0.15, 0.2) is 47.3 Å². The standard InChI is InChI=1S/C15H10Cl2N2O3/c16-10-5-2-1-4-9(10)8-18-13-11(17)6-3-7-12(13)19(22)15(21)14(18)20/h1-7,21H,8H2. The highest BCUT2D eigenvalue weighted by Gasteiger charge is 2.22. The zero-order chi connectivity index (χ0) is 15.9. The highest BCUT2D eigenvalue weighted by Crippen LogP contribution is 2.23. The zero-order valence-electron chi connectivity index (χ0n) is 11.2. The van der Waals surface area contributed by atoms with E-state index in [0.29, 0.717) is 10.6 Å². The fraction of sp³-hybridized carbons (Fsp3) is 0.0667. The van der Waals surface area contributed by atoms with Gasteiger partial charge in [-0.1, -0.05) is 47.5 Å². The highest BCUT2D eigenvalue weighted by atomic mass is 35.5. The average Bonchev–Trinajstić information content (AvgIpc) is 2.51. The lowest BCUT2D eigenvalue weighted by molar-refractivity contribution is -0.587. The van der Waals surface area contributed by atoms with E-state index in [-0.39, 0.29) is 27.3 Å². The number of benzene rings is 2. The Hall–Kier alpha value is -2.24. The summed E-state index contributed by atoms with van der Waals surface area (Å²) in [6, 6.07) is 11.6. The molecule has 1 aromatic heterocycles. The van der Waals surface area contributed by atoms with Gasteiger partial charge in [0, 0.05) is 11.1 Å². The molecule has 0 saturated heterocycles. The molecule has 22 heavy (non-hydrogen) atoms. The molecule has 7 heteroatoms. The van der Waals surface area contributed by atoms with Gasteiger partial charge in [0.1, 0.15) is 5.52 Å². The molecule has 0 spiro atoms. The van der Waals surface area contributed by atoms with Crippen molar-refractivity contribution < 1.29 is 9.84 Å². The Balaban J connectivity index is 2.34. The van der Waals surface area contributed by atoms with Crippen LogP contribution >= 0.6 is 23.2 Å². The number of hydrogen-bond acceptors (Lipinski definition) is 3. The van der Waals surface area contributed by atoms with Crippen LogP contribution in [0.4, 0.5) is 0 Å². The lowest BCUT2D eigenvalue weighted by atomic mass is 10.2. The summed E-state index contributed by atoms with van der Waals surface area (Å²) in [6.07, 6.45) is 0. The van der Waals surface area contributed by atoms with Gasteiger partial charge < -0.3 is 10.3 Å². The third-order valence-electron chi connectivity index (χ3n) is 3.37. The number of rotatable bonds is 2. The first-order chi connectivity index (χ1) is 10.5. The maximum Gasteiger partial charge on any atom is 0.445 e. The van der Waals surface area contributed by atoms with Crippen molar-refractivity contribution in [1.29, 1.82) is 0 Å². The summed E-state index contributed by atoms with van der Waals surface area (Å²) < 4.78 is 1.41. The van der Waals surface area contributed by atoms with Gasteiger partial charge in [0.2, 0.25) is 5.52 Å². The Bertz CT molecular complexity index is 938. The zero-order valence-corrected chi connectivity index (χ0v) is 12.7. The number of aromatic hydroxyl groups is 1. The normalized spacial score (nSPS) is 11.0. The van der Waals surface area contributed by atoms with E-state index in [4.69, 9.17) is 23.2 Å². The molecular weight excluding hydrogens is 327 g/mol. The van der Waals surface area contributed by atoms with Gasteiger partial charge in [-0.2, -0.15) is 0 Å². The molecule has 0 radical (unpaired) electrons. The summed E-state index contributed by atoms with van der Waals surface area (Å²) >= 11 is 12.2. The van der Waals surface area contributed by atoms with Gasteiger partial charge in [-0.3, -0.25) is 9.36 Å². The third kappa shape index (κ3) is 2.28. The summed E-state index contributed by atoms with van der Waals surface area (Å²) in [5, 5.41) is 22.4. The van der Waals surface area contributed by atoms with E-state index in [1.807, 2.05) is 0 Å². The fourth-order valence-corrected chi connectivity index (χ4v) is 2.77. The third-order valence-corrected chi connectivity index (χ3v) is 4.04. The Morgan fingerprint density at radius 3 is 2.50 bits per heavy atom. The van der Waals surface area contributed by atoms with Gasteiger partial charge in [0.15, 0.2) is 0 Å². The van der Waals surface area contributed by atoms with Gasteiger partial charge in [-0.15, -0.1) is 4.73 Å². The maximum absolute atomic E-state index is 12.3. The molecule has 5 nitrogen and oxygen atoms in total. The Kier molecular flexibility index (Phi) is 3.68. The Morgan fingerprint density at radius 2 is 1.77 bits per heavy atom. The van der Waals surface area contributed by atoms with Gasteiger partial charge in [-0.05, 0) is 17.7 Å². The summed E-state index contributed by atoms with van der Waals surface area (Å²) in [7, 11) is 0. The number of para-hydroxylation sites is 1. The van der Waals surface area contributed by atoms with E-state index in [1.54, 1.807) is 36.4 Å². The summed E-state index contributed by atoms with van der Waals surface area (Å²) in [5.74, 6) is -0.901. The minimum absolute atomic E-state index is 0.0904. The number of fused-ring (bicyclic) bond motifs is 1. The molecule has 3 rings (SSSR count). The molecule has 0 fully saturated rings.